The van der Waals surface area contributed by atoms with Gasteiger partial charge in [-0.1, -0.05) is 36.2 Å². The van der Waals surface area contributed by atoms with E-state index in [9.17, 15) is 4.39 Å². The Bertz CT molecular complexity index is 802. The molecule has 26 heavy (non-hydrogen) atoms. The Labute approximate surface area is 161 Å². The molecule has 2 aromatic heterocycles. The lowest BCUT2D eigenvalue weighted by atomic mass is 9.77. The number of hydrogen-bond donors (Lipinski definition) is 1. The number of nitrogens with zero attached hydrogens (tertiary/aromatic N) is 4. The molecule has 1 saturated carbocycles. The average Bonchev–Trinajstić information content (AvgIpc) is 3.08. The smallest absolute Gasteiger partial charge is 0.214 e. The van der Waals surface area contributed by atoms with Gasteiger partial charge in [-0.05, 0) is 31.1 Å². The van der Waals surface area contributed by atoms with Gasteiger partial charge in [0.05, 0.1) is 11.2 Å². The Balaban J connectivity index is 1.47. The second-order valence-electron chi connectivity index (χ2n) is 7.15. The Hall–Kier alpha value is -1.60. The lowest BCUT2D eigenvalue weighted by molar-refractivity contribution is 0.226. The first-order chi connectivity index (χ1) is 12.5. The highest BCUT2D eigenvalue weighted by molar-refractivity contribution is 7.99. The Kier molecular flexibility index (Phi) is 4.92. The molecule has 8 heteroatoms. The standard InChI is InChI=1S/C18H21ClFN5S/c19-12-10-22-14(20)9-13(12)26-17-16(21)24-15(11-23-17)25-7-5-18(6-8-25)3-1-2-4-18/h9-11H,1-8H2,(H2,21,24). The highest BCUT2D eigenvalue weighted by atomic mass is 35.5. The summed E-state index contributed by atoms with van der Waals surface area (Å²) >= 11 is 7.26. The molecule has 1 spiro atoms. The van der Waals surface area contributed by atoms with E-state index in [1.54, 1.807) is 6.20 Å². The van der Waals surface area contributed by atoms with Crippen LogP contribution in [0.25, 0.3) is 0 Å². The van der Waals surface area contributed by atoms with Crippen molar-refractivity contribution in [3.05, 3.63) is 29.4 Å². The van der Waals surface area contributed by atoms with E-state index in [0.717, 1.165) is 18.9 Å². The van der Waals surface area contributed by atoms with Crippen molar-refractivity contribution < 1.29 is 4.39 Å². The zero-order valence-corrected chi connectivity index (χ0v) is 16.0. The van der Waals surface area contributed by atoms with Crippen molar-refractivity contribution in [2.45, 2.75) is 48.4 Å². The van der Waals surface area contributed by atoms with Crippen LogP contribution in [0.2, 0.25) is 5.02 Å². The number of piperidine rings is 1. The second kappa shape index (κ2) is 7.19. The van der Waals surface area contributed by atoms with Crippen LogP contribution in [0.3, 0.4) is 0 Å². The molecule has 0 atom stereocenters. The van der Waals surface area contributed by atoms with Crippen LogP contribution >= 0.6 is 23.4 Å². The molecule has 4 rings (SSSR count). The minimum atomic E-state index is -0.589. The van der Waals surface area contributed by atoms with E-state index >= 15 is 0 Å². The zero-order chi connectivity index (χ0) is 18.1. The normalized spacial score (nSPS) is 19.2. The molecule has 1 saturated heterocycles. The molecule has 0 aromatic carbocycles. The van der Waals surface area contributed by atoms with Crippen molar-refractivity contribution >= 4 is 35.0 Å². The summed E-state index contributed by atoms with van der Waals surface area (Å²) < 4.78 is 13.3. The molecule has 1 aliphatic carbocycles. The summed E-state index contributed by atoms with van der Waals surface area (Å²) in [6, 6.07) is 1.27. The van der Waals surface area contributed by atoms with Gasteiger partial charge in [-0.3, -0.25) is 0 Å². The zero-order valence-electron chi connectivity index (χ0n) is 14.4. The Morgan fingerprint density at radius 3 is 2.54 bits per heavy atom. The van der Waals surface area contributed by atoms with Crippen molar-refractivity contribution in [3.8, 4) is 0 Å². The third kappa shape index (κ3) is 3.60. The van der Waals surface area contributed by atoms with E-state index in [4.69, 9.17) is 17.3 Å². The molecule has 138 valence electrons. The number of nitrogen functional groups attached to an aromatic ring is 1. The van der Waals surface area contributed by atoms with Gasteiger partial charge in [-0.15, -0.1) is 0 Å². The quantitative estimate of drug-likeness (QED) is 0.771. The van der Waals surface area contributed by atoms with E-state index in [-0.39, 0.29) is 0 Å². The van der Waals surface area contributed by atoms with Gasteiger partial charge in [0.1, 0.15) is 10.8 Å². The first kappa shape index (κ1) is 17.8. The summed E-state index contributed by atoms with van der Waals surface area (Å²) in [4.78, 5) is 15.3. The van der Waals surface area contributed by atoms with Crippen molar-refractivity contribution in [2.24, 2.45) is 5.41 Å². The van der Waals surface area contributed by atoms with Crippen LogP contribution in [0.5, 0.6) is 0 Å². The van der Waals surface area contributed by atoms with E-state index in [0.29, 0.717) is 26.2 Å². The van der Waals surface area contributed by atoms with Crippen molar-refractivity contribution in [1.82, 2.24) is 15.0 Å². The molecule has 0 amide bonds. The molecule has 0 unspecified atom stereocenters. The summed E-state index contributed by atoms with van der Waals surface area (Å²) in [6.07, 6.45) is 10.9. The fourth-order valence-electron chi connectivity index (χ4n) is 4.03. The predicted octanol–water partition coefficient (Wildman–Crippen LogP) is 4.56. The molecule has 0 radical (unpaired) electrons. The second-order valence-corrected chi connectivity index (χ2v) is 8.59. The van der Waals surface area contributed by atoms with Gasteiger partial charge in [0.25, 0.3) is 0 Å². The average molecular weight is 394 g/mol. The molecule has 2 fully saturated rings. The van der Waals surface area contributed by atoms with Gasteiger partial charge in [-0.2, -0.15) is 4.39 Å². The monoisotopic (exact) mass is 393 g/mol. The highest BCUT2D eigenvalue weighted by Crippen LogP contribution is 2.46. The molecular weight excluding hydrogens is 373 g/mol. The summed E-state index contributed by atoms with van der Waals surface area (Å²) in [5.41, 5.74) is 6.67. The van der Waals surface area contributed by atoms with Gasteiger partial charge >= 0.3 is 0 Å². The number of halogens is 2. The molecule has 2 aliphatic rings. The maximum Gasteiger partial charge on any atom is 0.214 e. The maximum absolute atomic E-state index is 13.3. The van der Waals surface area contributed by atoms with Gasteiger partial charge in [0.2, 0.25) is 5.95 Å². The molecule has 5 nitrogen and oxygen atoms in total. The van der Waals surface area contributed by atoms with Gasteiger partial charge in [0, 0.05) is 30.2 Å². The fraction of sp³-hybridized carbons (Fsp3) is 0.500. The lowest BCUT2D eigenvalue weighted by Crippen LogP contribution is -2.39. The van der Waals surface area contributed by atoms with Crippen LogP contribution in [-0.4, -0.2) is 28.0 Å². The molecule has 2 aromatic rings. The van der Waals surface area contributed by atoms with Gasteiger partial charge < -0.3 is 10.6 Å². The Morgan fingerprint density at radius 2 is 1.85 bits per heavy atom. The topological polar surface area (TPSA) is 67.9 Å². The summed E-state index contributed by atoms with van der Waals surface area (Å²) in [5, 5.41) is 0.880. The third-order valence-corrected chi connectivity index (χ3v) is 7.04. The molecular formula is C18H21ClFN5S. The third-order valence-electron chi connectivity index (χ3n) is 5.56. The number of aromatic nitrogens is 3. The first-order valence-electron chi connectivity index (χ1n) is 8.91. The molecule has 1 aliphatic heterocycles. The van der Waals surface area contributed by atoms with Gasteiger partial charge in [0.15, 0.2) is 5.82 Å². The van der Waals surface area contributed by atoms with Crippen molar-refractivity contribution in [2.75, 3.05) is 23.7 Å². The van der Waals surface area contributed by atoms with Gasteiger partial charge in [-0.25, -0.2) is 15.0 Å². The minimum absolute atomic E-state index is 0.335. The number of pyridine rings is 1. The fourth-order valence-corrected chi connectivity index (χ4v) is 5.02. The van der Waals surface area contributed by atoms with Crippen LogP contribution < -0.4 is 10.6 Å². The molecule has 3 heterocycles. The van der Waals surface area contributed by atoms with Crippen LogP contribution in [0, 0.1) is 11.4 Å². The minimum Gasteiger partial charge on any atom is -0.381 e. The van der Waals surface area contributed by atoms with E-state index < -0.39 is 5.95 Å². The van der Waals surface area contributed by atoms with Crippen LogP contribution in [-0.2, 0) is 0 Å². The lowest BCUT2D eigenvalue weighted by Gasteiger charge is -2.39. The SMILES string of the molecule is Nc1nc(N2CCC3(CCCC3)CC2)cnc1Sc1cc(F)ncc1Cl. The largest absolute Gasteiger partial charge is 0.381 e. The number of hydrogen-bond acceptors (Lipinski definition) is 6. The molecule has 0 bridgehead atoms. The Morgan fingerprint density at radius 1 is 1.12 bits per heavy atom. The van der Waals surface area contributed by atoms with E-state index in [2.05, 4.69) is 19.9 Å². The number of nitrogens with two attached hydrogens (primary N) is 1. The molecule has 2 N–H and O–H groups in total. The maximum atomic E-state index is 13.3. The van der Waals surface area contributed by atoms with Crippen molar-refractivity contribution in [3.63, 3.8) is 0 Å². The van der Waals surface area contributed by atoms with Crippen LogP contribution in [0.15, 0.2) is 28.4 Å². The highest BCUT2D eigenvalue weighted by Gasteiger charge is 2.37. The number of rotatable bonds is 3. The van der Waals surface area contributed by atoms with Crippen molar-refractivity contribution in [1.29, 1.82) is 0 Å². The first-order valence-corrected chi connectivity index (χ1v) is 10.1. The van der Waals surface area contributed by atoms with E-state index in [1.165, 1.54) is 62.6 Å². The summed E-state index contributed by atoms with van der Waals surface area (Å²) in [5.74, 6) is 0.558. The predicted molar refractivity (Wildman–Crippen MR) is 102 cm³/mol. The number of anilines is 2. The summed E-state index contributed by atoms with van der Waals surface area (Å²) in [7, 11) is 0. The summed E-state index contributed by atoms with van der Waals surface area (Å²) in [6.45, 7) is 2.00. The van der Waals surface area contributed by atoms with E-state index in [1.807, 2.05) is 0 Å². The van der Waals surface area contributed by atoms with Crippen LogP contribution in [0.4, 0.5) is 16.0 Å². The van der Waals surface area contributed by atoms with Crippen LogP contribution in [0.1, 0.15) is 38.5 Å².